The highest BCUT2D eigenvalue weighted by atomic mass is 15.2. The Morgan fingerprint density at radius 3 is 2.58 bits per heavy atom. The normalized spacial score (nSPS) is 32.5. The topological polar surface area (TPSA) is 15.3 Å². The number of rotatable bonds is 2. The minimum Gasteiger partial charge on any atom is -0.313 e. The zero-order chi connectivity index (χ0) is 8.23. The van der Waals surface area contributed by atoms with Gasteiger partial charge in [0.2, 0.25) is 0 Å². The van der Waals surface area contributed by atoms with Gasteiger partial charge in [-0.05, 0) is 45.3 Å². The molecule has 0 saturated carbocycles. The molecule has 2 nitrogen and oxygen atoms in total. The van der Waals surface area contributed by atoms with Gasteiger partial charge in [0.05, 0.1) is 0 Å². The quantitative estimate of drug-likeness (QED) is 0.667. The molecule has 0 bridgehead atoms. The zero-order valence-corrected chi connectivity index (χ0v) is 7.89. The smallest absolute Gasteiger partial charge is 0.0195 e. The number of nitrogens with zero attached hydrogens (tertiary/aromatic N) is 1. The van der Waals surface area contributed by atoms with E-state index in [-0.39, 0.29) is 0 Å². The van der Waals surface area contributed by atoms with E-state index in [0.717, 1.165) is 6.04 Å². The van der Waals surface area contributed by atoms with Crippen LogP contribution in [0.1, 0.15) is 32.1 Å². The molecule has 0 spiro atoms. The summed E-state index contributed by atoms with van der Waals surface area (Å²) < 4.78 is 0. The maximum atomic E-state index is 3.60. The Bertz CT molecular complexity index is 124. The van der Waals surface area contributed by atoms with Gasteiger partial charge < -0.3 is 10.2 Å². The lowest BCUT2D eigenvalue weighted by molar-refractivity contribution is 0.263. The van der Waals surface area contributed by atoms with Crippen molar-refractivity contribution in [2.45, 2.75) is 38.1 Å². The van der Waals surface area contributed by atoms with Crippen molar-refractivity contribution in [2.24, 2.45) is 0 Å². The Hall–Kier alpha value is -0.0800. The Morgan fingerprint density at radius 1 is 1.08 bits per heavy atom. The molecule has 2 heterocycles. The summed E-state index contributed by atoms with van der Waals surface area (Å²) in [5.41, 5.74) is 0. The standard InChI is InChI=1S/C10H20N2/c1-2-6-11-10(5-1)9-12-7-3-4-8-12/h10-11H,1-9H2. The molecule has 0 radical (unpaired) electrons. The molecule has 2 rings (SSSR count). The summed E-state index contributed by atoms with van der Waals surface area (Å²) in [6.07, 6.45) is 7.07. The molecule has 0 aromatic heterocycles. The van der Waals surface area contributed by atoms with Gasteiger partial charge in [-0.2, -0.15) is 0 Å². The predicted octanol–water partition coefficient (Wildman–Crippen LogP) is 1.22. The average Bonchev–Trinajstić information content (AvgIpc) is 2.59. The van der Waals surface area contributed by atoms with Gasteiger partial charge in [0.25, 0.3) is 0 Å². The highest BCUT2D eigenvalue weighted by Gasteiger charge is 2.18. The molecule has 1 N–H and O–H groups in total. The summed E-state index contributed by atoms with van der Waals surface area (Å²) in [6.45, 7) is 5.24. The molecule has 1 atom stereocenters. The lowest BCUT2D eigenvalue weighted by atomic mass is 10.0. The Morgan fingerprint density at radius 2 is 1.92 bits per heavy atom. The fourth-order valence-corrected chi connectivity index (χ4v) is 2.36. The summed E-state index contributed by atoms with van der Waals surface area (Å²) in [6, 6.07) is 0.803. The third-order valence-electron chi connectivity index (χ3n) is 3.09. The Balaban J connectivity index is 1.69. The van der Waals surface area contributed by atoms with E-state index in [4.69, 9.17) is 0 Å². The van der Waals surface area contributed by atoms with Crippen LogP contribution in [0, 0.1) is 0 Å². The molecular formula is C10H20N2. The van der Waals surface area contributed by atoms with Gasteiger partial charge in [-0.15, -0.1) is 0 Å². The van der Waals surface area contributed by atoms with Crippen LogP contribution in [0.2, 0.25) is 0 Å². The molecule has 0 amide bonds. The number of hydrogen-bond acceptors (Lipinski definition) is 2. The van der Waals surface area contributed by atoms with Gasteiger partial charge >= 0.3 is 0 Å². The second kappa shape index (κ2) is 4.24. The predicted molar refractivity (Wildman–Crippen MR) is 51.3 cm³/mol. The number of hydrogen-bond donors (Lipinski definition) is 1. The Kier molecular flexibility index (Phi) is 3.01. The summed E-state index contributed by atoms with van der Waals surface area (Å²) in [7, 11) is 0. The van der Waals surface area contributed by atoms with Crippen LogP contribution in [-0.2, 0) is 0 Å². The van der Waals surface area contributed by atoms with E-state index in [1.807, 2.05) is 0 Å². The van der Waals surface area contributed by atoms with Crippen LogP contribution in [0.5, 0.6) is 0 Å². The number of likely N-dealkylation sites (tertiary alicyclic amines) is 1. The first-order valence-electron chi connectivity index (χ1n) is 5.41. The largest absolute Gasteiger partial charge is 0.313 e. The minimum absolute atomic E-state index is 0.803. The van der Waals surface area contributed by atoms with Gasteiger partial charge in [0.1, 0.15) is 0 Å². The minimum atomic E-state index is 0.803. The van der Waals surface area contributed by atoms with Gasteiger partial charge in [-0.25, -0.2) is 0 Å². The van der Waals surface area contributed by atoms with Crippen molar-refractivity contribution in [2.75, 3.05) is 26.2 Å². The maximum Gasteiger partial charge on any atom is 0.0195 e. The van der Waals surface area contributed by atoms with Crippen molar-refractivity contribution in [3.05, 3.63) is 0 Å². The third kappa shape index (κ3) is 2.20. The molecule has 0 aromatic carbocycles. The van der Waals surface area contributed by atoms with E-state index in [1.165, 1.54) is 58.3 Å². The van der Waals surface area contributed by atoms with E-state index < -0.39 is 0 Å². The molecule has 1 unspecified atom stereocenters. The van der Waals surface area contributed by atoms with Crippen molar-refractivity contribution in [3.8, 4) is 0 Å². The van der Waals surface area contributed by atoms with E-state index >= 15 is 0 Å². The van der Waals surface area contributed by atoms with E-state index in [2.05, 4.69) is 10.2 Å². The summed E-state index contributed by atoms with van der Waals surface area (Å²) in [5, 5.41) is 3.60. The second-order valence-electron chi connectivity index (χ2n) is 4.15. The second-order valence-corrected chi connectivity index (χ2v) is 4.15. The first kappa shape index (κ1) is 8.52. The molecule has 12 heavy (non-hydrogen) atoms. The third-order valence-corrected chi connectivity index (χ3v) is 3.09. The molecule has 2 fully saturated rings. The van der Waals surface area contributed by atoms with Crippen LogP contribution >= 0.6 is 0 Å². The van der Waals surface area contributed by atoms with Crippen molar-refractivity contribution >= 4 is 0 Å². The van der Waals surface area contributed by atoms with Crippen LogP contribution in [0.3, 0.4) is 0 Å². The van der Waals surface area contributed by atoms with Gasteiger partial charge in [-0.1, -0.05) is 6.42 Å². The maximum absolute atomic E-state index is 3.60. The van der Waals surface area contributed by atoms with Crippen molar-refractivity contribution in [3.63, 3.8) is 0 Å². The zero-order valence-electron chi connectivity index (χ0n) is 7.89. The van der Waals surface area contributed by atoms with Crippen LogP contribution in [-0.4, -0.2) is 37.1 Å². The summed E-state index contributed by atoms with van der Waals surface area (Å²) in [5.74, 6) is 0. The van der Waals surface area contributed by atoms with Crippen molar-refractivity contribution < 1.29 is 0 Å². The highest BCUT2D eigenvalue weighted by Crippen LogP contribution is 2.12. The molecule has 2 aliphatic rings. The van der Waals surface area contributed by atoms with E-state index in [0.29, 0.717) is 0 Å². The molecule has 2 heteroatoms. The monoisotopic (exact) mass is 168 g/mol. The van der Waals surface area contributed by atoms with Gasteiger partial charge in [0.15, 0.2) is 0 Å². The Labute approximate surface area is 75.3 Å². The lowest BCUT2D eigenvalue weighted by Gasteiger charge is -2.27. The first-order valence-corrected chi connectivity index (χ1v) is 5.41. The highest BCUT2D eigenvalue weighted by molar-refractivity contribution is 4.78. The molecule has 0 aliphatic carbocycles. The molecule has 70 valence electrons. The first-order chi connectivity index (χ1) is 5.95. The fourth-order valence-electron chi connectivity index (χ4n) is 2.36. The average molecular weight is 168 g/mol. The van der Waals surface area contributed by atoms with E-state index in [1.54, 1.807) is 0 Å². The SMILES string of the molecule is C1CCC(CN2CCCC2)NC1. The molecule has 0 aromatic rings. The summed E-state index contributed by atoms with van der Waals surface area (Å²) in [4.78, 5) is 2.61. The van der Waals surface area contributed by atoms with Crippen LogP contribution in [0.4, 0.5) is 0 Å². The lowest BCUT2D eigenvalue weighted by Crippen LogP contribution is -2.42. The van der Waals surface area contributed by atoms with Gasteiger partial charge in [0, 0.05) is 12.6 Å². The van der Waals surface area contributed by atoms with Crippen LogP contribution in [0.25, 0.3) is 0 Å². The fraction of sp³-hybridized carbons (Fsp3) is 1.00. The molecule has 2 aliphatic heterocycles. The number of nitrogens with one attached hydrogen (secondary N) is 1. The van der Waals surface area contributed by atoms with Crippen molar-refractivity contribution in [1.82, 2.24) is 10.2 Å². The van der Waals surface area contributed by atoms with Crippen LogP contribution < -0.4 is 5.32 Å². The van der Waals surface area contributed by atoms with E-state index in [9.17, 15) is 0 Å². The van der Waals surface area contributed by atoms with Crippen molar-refractivity contribution in [1.29, 1.82) is 0 Å². The summed E-state index contributed by atoms with van der Waals surface area (Å²) >= 11 is 0. The van der Waals surface area contributed by atoms with Gasteiger partial charge in [-0.3, -0.25) is 0 Å². The molecule has 2 saturated heterocycles. The van der Waals surface area contributed by atoms with Crippen LogP contribution in [0.15, 0.2) is 0 Å². The number of piperidine rings is 1. The molecular weight excluding hydrogens is 148 g/mol.